The van der Waals surface area contributed by atoms with E-state index < -0.39 is 0 Å². The number of nitrogens with two attached hydrogens (primary N) is 1. The van der Waals surface area contributed by atoms with Crippen molar-refractivity contribution in [2.45, 2.75) is 33.3 Å². The molecule has 2 rings (SSSR count). The lowest BCUT2D eigenvalue weighted by atomic mass is 10.2. The normalized spacial score (nSPS) is 20.0. The summed E-state index contributed by atoms with van der Waals surface area (Å²) in [5.74, 6) is 7.99. The van der Waals surface area contributed by atoms with Crippen LogP contribution in [0.25, 0.3) is 0 Å². The van der Waals surface area contributed by atoms with Gasteiger partial charge in [0.1, 0.15) is 17.5 Å². The monoisotopic (exact) mass is 251 g/mol. The SMILES string of the molecule is CCc1nc(NN)c(C)c(N2CCOC(C)C2)n1. The van der Waals surface area contributed by atoms with Crippen LogP contribution in [0.4, 0.5) is 11.6 Å². The molecule has 3 N–H and O–H groups in total. The summed E-state index contributed by atoms with van der Waals surface area (Å²) in [6.07, 6.45) is 1.02. The second-order valence-electron chi connectivity index (χ2n) is 4.56. The minimum Gasteiger partial charge on any atom is -0.375 e. The van der Waals surface area contributed by atoms with E-state index >= 15 is 0 Å². The molecule has 1 atom stereocenters. The van der Waals surface area contributed by atoms with Gasteiger partial charge in [-0.1, -0.05) is 6.92 Å². The number of morpholine rings is 1. The summed E-state index contributed by atoms with van der Waals surface area (Å²) >= 11 is 0. The fraction of sp³-hybridized carbons (Fsp3) is 0.667. The van der Waals surface area contributed by atoms with E-state index in [1.807, 2.05) is 13.8 Å². The third-order valence-electron chi connectivity index (χ3n) is 3.16. The number of hydrogen-bond acceptors (Lipinski definition) is 6. The van der Waals surface area contributed by atoms with Crippen molar-refractivity contribution in [2.75, 3.05) is 30.0 Å². The van der Waals surface area contributed by atoms with Crippen LogP contribution in [-0.2, 0) is 11.2 Å². The Morgan fingerprint density at radius 2 is 2.28 bits per heavy atom. The van der Waals surface area contributed by atoms with E-state index in [9.17, 15) is 0 Å². The van der Waals surface area contributed by atoms with Crippen molar-refractivity contribution in [3.63, 3.8) is 0 Å². The highest BCUT2D eigenvalue weighted by molar-refractivity contribution is 5.58. The molecule has 0 spiro atoms. The molecular formula is C12H21N5O. The van der Waals surface area contributed by atoms with E-state index in [1.54, 1.807) is 0 Å². The highest BCUT2D eigenvalue weighted by Gasteiger charge is 2.21. The highest BCUT2D eigenvalue weighted by atomic mass is 16.5. The number of aromatic nitrogens is 2. The molecule has 0 bridgehead atoms. The Bertz CT molecular complexity index is 423. The summed E-state index contributed by atoms with van der Waals surface area (Å²) in [6, 6.07) is 0. The summed E-state index contributed by atoms with van der Waals surface area (Å²) < 4.78 is 5.56. The molecule has 0 saturated carbocycles. The topological polar surface area (TPSA) is 76.3 Å². The van der Waals surface area contributed by atoms with E-state index in [0.717, 1.165) is 43.3 Å². The minimum absolute atomic E-state index is 0.229. The minimum atomic E-state index is 0.229. The first-order chi connectivity index (χ1) is 8.65. The molecule has 1 unspecified atom stereocenters. The maximum atomic E-state index is 5.56. The first-order valence-corrected chi connectivity index (χ1v) is 6.36. The third-order valence-corrected chi connectivity index (χ3v) is 3.16. The predicted octanol–water partition coefficient (Wildman–Crippen LogP) is 0.858. The Labute approximate surface area is 108 Å². The van der Waals surface area contributed by atoms with Crippen LogP contribution < -0.4 is 16.2 Å². The molecule has 0 radical (unpaired) electrons. The molecular weight excluding hydrogens is 230 g/mol. The Hall–Kier alpha value is -1.40. The fourth-order valence-corrected chi connectivity index (χ4v) is 2.17. The standard InChI is InChI=1S/C12H21N5O/c1-4-10-14-11(16-13)9(3)12(15-10)17-5-6-18-8(2)7-17/h8H,4-7,13H2,1-3H3,(H,14,15,16). The Morgan fingerprint density at radius 3 is 2.89 bits per heavy atom. The lowest BCUT2D eigenvalue weighted by Crippen LogP contribution is -2.42. The molecule has 1 aliphatic heterocycles. The number of ether oxygens (including phenoxy) is 1. The van der Waals surface area contributed by atoms with Crippen LogP contribution in [0.5, 0.6) is 0 Å². The van der Waals surface area contributed by atoms with Crippen molar-refractivity contribution in [3.8, 4) is 0 Å². The first kappa shape index (κ1) is 13.0. The number of nitrogen functional groups attached to an aromatic ring is 1. The number of anilines is 2. The third kappa shape index (κ3) is 2.54. The van der Waals surface area contributed by atoms with E-state index in [4.69, 9.17) is 10.6 Å². The van der Waals surface area contributed by atoms with Crippen LogP contribution in [0.1, 0.15) is 25.2 Å². The van der Waals surface area contributed by atoms with Gasteiger partial charge >= 0.3 is 0 Å². The Kier molecular flexibility index (Phi) is 3.98. The highest BCUT2D eigenvalue weighted by Crippen LogP contribution is 2.24. The average Bonchev–Trinajstić information content (AvgIpc) is 2.39. The van der Waals surface area contributed by atoms with Gasteiger partial charge in [-0.15, -0.1) is 0 Å². The maximum absolute atomic E-state index is 5.56. The van der Waals surface area contributed by atoms with Gasteiger partial charge in [-0.2, -0.15) is 0 Å². The zero-order valence-corrected chi connectivity index (χ0v) is 11.2. The van der Waals surface area contributed by atoms with Gasteiger partial charge in [-0.3, -0.25) is 0 Å². The number of hydrazine groups is 1. The predicted molar refractivity (Wildman–Crippen MR) is 71.6 cm³/mol. The van der Waals surface area contributed by atoms with Crippen molar-refractivity contribution in [1.29, 1.82) is 0 Å². The molecule has 0 aromatic carbocycles. The first-order valence-electron chi connectivity index (χ1n) is 6.36. The zero-order valence-electron chi connectivity index (χ0n) is 11.2. The van der Waals surface area contributed by atoms with Crippen LogP contribution in [-0.4, -0.2) is 35.8 Å². The summed E-state index contributed by atoms with van der Waals surface area (Å²) in [5.41, 5.74) is 3.64. The smallest absolute Gasteiger partial charge is 0.148 e. The molecule has 1 aliphatic rings. The molecule has 2 heterocycles. The lowest BCUT2D eigenvalue weighted by molar-refractivity contribution is 0.0529. The van der Waals surface area contributed by atoms with Crippen LogP contribution in [0.3, 0.4) is 0 Å². The number of aryl methyl sites for hydroxylation is 1. The average molecular weight is 251 g/mol. The Morgan fingerprint density at radius 1 is 1.50 bits per heavy atom. The number of rotatable bonds is 3. The molecule has 6 heteroatoms. The summed E-state index contributed by atoms with van der Waals surface area (Å²) in [5, 5.41) is 0. The number of nitrogens with zero attached hydrogens (tertiary/aromatic N) is 3. The summed E-state index contributed by atoms with van der Waals surface area (Å²) in [6.45, 7) is 8.55. The van der Waals surface area contributed by atoms with E-state index in [2.05, 4.69) is 27.2 Å². The van der Waals surface area contributed by atoms with Gasteiger partial charge in [0.15, 0.2) is 0 Å². The van der Waals surface area contributed by atoms with Crippen molar-refractivity contribution >= 4 is 11.6 Å². The fourth-order valence-electron chi connectivity index (χ4n) is 2.17. The second kappa shape index (κ2) is 5.49. The van der Waals surface area contributed by atoms with Gasteiger partial charge in [0.25, 0.3) is 0 Å². The van der Waals surface area contributed by atoms with E-state index in [-0.39, 0.29) is 6.10 Å². The van der Waals surface area contributed by atoms with Crippen molar-refractivity contribution in [1.82, 2.24) is 9.97 Å². The lowest BCUT2D eigenvalue weighted by Gasteiger charge is -2.33. The van der Waals surface area contributed by atoms with Crippen molar-refractivity contribution in [3.05, 3.63) is 11.4 Å². The van der Waals surface area contributed by atoms with Gasteiger partial charge in [0, 0.05) is 25.1 Å². The summed E-state index contributed by atoms with van der Waals surface area (Å²) in [7, 11) is 0. The van der Waals surface area contributed by atoms with Crippen LogP contribution in [0.2, 0.25) is 0 Å². The zero-order chi connectivity index (χ0) is 13.1. The molecule has 0 aliphatic carbocycles. The second-order valence-corrected chi connectivity index (χ2v) is 4.56. The molecule has 6 nitrogen and oxygen atoms in total. The molecule has 100 valence electrons. The van der Waals surface area contributed by atoms with Crippen LogP contribution >= 0.6 is 0 Å². The van der Waals surface area contributed by atoms with Crippen LogP contribution in [0.15, 0.2) is 0 Å². The molecule has 1 aromatic rings. The van der Waals surface area contributed by atoms with Gasteiger partial charge in [-0.25, -0.2) is 15.8 Å². The van der Waals surface area contributed by atoms with Gasteiger partial charge in [-0.05, 0) is 13.8 Å². The van der Waals surface area contributed by atoms with Gasteiger partial charge in [0.05, 0.1) is 12.7 Å². The molecule has 18 heavy (non-hydrogen) atoms. The van der Waals surface area contributed by atoms with E-state index in [0.29, 0.717) is 5.82 Å². The quantitative estimate of drug-likeness (QED) is 0.613. The molecule has 0 amide bonds. The van der Waals surface area contributed by atoms with Crippen LogP contribution in [0, 0.1) is 6.92 Å². The molecule has 1 aromatic heterocycles. The number of nitrogens with one attached hydrogen (secondary N) is 1. The number of hydrogen-bond donors (Lipinski definition) is 2. The summed E-state index contributed by atoms with van der Waals surface area (Å²) in [4.78, 5) is 11.2. The maximum Gasteiger partial charge on any atom is 0.148 e. The van der Waals surface area contributed by atoms with Crippen molar-refractivity contribution < 1.29 is 4.74 Å². The van der Waals surface area contributed by atoms with Gasteiger partial charge in [0.2, 0.25) is 0 Å². The molecule has 1 saturated heterocycles. The van der Waals surface area contributed by atoms with E-state index in [1.165, 1.54) is 0 Å². The molecule has 1 fully saturated rings. The largest absolute Gasteiger partial charge is 0.375 e. The van der Waals surface area contributed by atoms with Gasteiger partial charge < -0.3 is 15.1 Å². The van der Waals surface area contributed by atoms with Crippen molar-refractivity contribution in [2.24, 2.45) is 5.84 Å². The Balaban J connectivity index is 2.35.